The summed E-state index contributed by atoms with van der Waals surface area (Å²) in [6.45, 7) is 4.04. The van der Waals surface area contributed by atoms with Crippen molar-refractivity contribution in [1.29, 1.82) is 0 Å². The van der Waals surface area contributed by atoms with Gasteiger partial charge in [-0.3, -0.25) is 0 Å². The van der Waals surface area contributed by atoms with E-state index in [-0.39, 0.29) is 11.5 Å². The van der Waals surface area contributed by atoms with E-state index in [4.69, 9.17) is 0 Å². The maximum Gasteiger partial charge on any atom is 0.155 e. The van der Waals surface area contributed by atoms with E-state index in [1.54, 1.807) is 0 Å². The molecule has 0 aromatic heterocycles. The van der Waals surface area contributed by atoms with Crippen molar-refractivity contribution in [2.24, 2.45) is 0 Å². The summed E-state index contributed by atoms with van der Waals surface area (Å²) in [4.78, 5) is 0. The molecule has 0 bridgehead atoms. The van der Waals surface area contributed by atoms with Crippen LogP contribution in [-0.2, 0) is 16.3 Å². The highest BCUT2D eigenvalue weighted by atomic mass is 32.2. The third-order valence-corrected chi connectivity index (χ3v) is 5.11. The zero-order valence-electron chi connectivity index (χ0n) is 10.7. The number of nitrogens with one attached hydrogen (secondary N) is 1. The van der Waals surface area contributed by atoms with Crippen molar-refractivity contribution in [1.82, 2.24) is 0 Å². The maximum absolute atomic E-state index is 11.5. The molecule has 1 aromatic rings. The molecule has 0 amide bonds. The van der Waals surface area contributed by atoms with Crippen molar-refractivity contribution in [2.75, 3.05) is 16.8 Å². The molecule has 0 aliphatic carbocycles. The Balaban J connectivity index is 2.25. The first-order valence-electron chi connectivity index (χ1n) is 6.16. The van der Waals surface area contributed by atoms with Gasteiger partial charge in [-0.2, -0.15) is 0 Å². The maximum atomic E-state index is 11.5. The third-order valence-electron chi connectivity index (χ3n) is 3.39. The average molecular weight is 269 g/mol. The van der Waals surface area contributed by atoms with Crippen LogP contribution < -0.4 is 5.32 Å². The second-order valence-electron chi connectivity index (χ2n) is 4.86. The summed E-state index contributed by atoms with van der Waals surface area (Å²) in [6, 6.07) is 5.59. The zero-order valence-corrected chi connectivity index (χ0v) is 11.5. The minimum absolute atomic E-state index is 0.00561. The van der Waals surface area contributed by atoms with E-state index in [1.807, 2.05) is 25.1 Å². The molecule has 0 saturated carbocycles. The van der Waals surface area contributed by atoms with Crippen LogP contribution in [0.5, 0.6) is 0 Å². The molecular weight excluding hydrogens is 250 g/mol. The van der Waals surface area contributed by atoms with Gasteiger partial charge >= 0.3 is 0 Å². The number of benzene rings is 1. The Bertz CT molecular complexity index is 539. The molecule has 1 aliphatic heterocycles. The number of aryl methyl sites for hydroxylation is 2. The van der Waals surface area contributed by atoms with Gasteiger partial charge in [-0.05, 0) is 24.5 Å². The summed E-state index contributed by atoms with van der Waals surface area (Å²) in [5, 5.41) is 13.0. The van der Waals surface area contributed by atoms with Gasteiger partial charge in [0.15, 0.2) is 9.84 Å². The number of sulfone groups is 1. The van der Waals surface area contributed by atoms with E-state index in [9.17, 15) is 13.5 Å². The molecule has 1 aliphatic rings. The van der Waals surface area contributed by atoms with E-state index >= 15 is 0 Å². The molecule has 1 aromatic carbocycles. The quantitative estimate of drug-likeness (QED) is 0.863. The second-order valence-corrected chi connectivity index (χ2v) is 7.01. The first-order valence-corrected chi connectivity index (χ1v) is 7.98. The van der Waals surface area contributed by atoms with Crippen LogP contribution in [0.1, 0.15) is 18.1 Å². The minimum atomic E-state index is -3.11. The molecule has 1 fully saturated rings. The van der Waals surface area contributed by atoms with E-state index < -0.39 is 22.0 Å². The fourth-order valence-corrected chi connectivity index (χ4v) is 4.12. The van der Waals surface area contributed by atoms with E-state index in [0.29, 0.717) is 0 Å². The van der Waals surface area contributed by atoms with Crippen LogP contribution in [-0.4, -0.2) is 37.2 Å². The summed E-state index contributed by atoms with van der Waals surface area (Å²) in [6.07, 6.45) is 0.0545. The van der Waals surface area contributed by atoms with Gasteiger partial charge in [-0.25, -0.2) is 8.42 Å². The Morgan fingerprint density at radius 1 is 1.39 bits per heavy atom. The Kier molecular flexibility index (Phi) is 3.64. The number of hydrogen-bond acceptors (Lipinski definition) is 4. The molecule has 4 nitrogen and oxygen atoms in total. The second kappa shape index (κ2) is 4.90. The summed E-state index contributed by atoms with van der Waals surface area (Å²) < 4.78 is 23.0. The first kappa shape index (κ1) is 13.4. The van der Waals surface area contributed by atoms with Gasteiger partial charge in [-0.15, -0.1) is 0 Å². The van der Waals surface area contributed by atoms with Crippen LogP contribution in [0.3, 0.4) is 0 Å². The monoisotopic (exact) mass is 269 g/mol. The molecule has 0 radical (unpaired) electrons. The predicted molar refractivity (Wildman–Crippen MR) is 72.6 cm³/mol. The van der Waals surface area contributed by atoms with E-state index in [0.717, 1.165) is 23.2 Å². The highest BCUT2D eigenvalue weighted by molar-refractivity contribution is 7.91. The molecule has 2 atom stereocenters. The molecule has 0 spiro atoms. The SMILES string of the molecule is CCc1cccc(C)c1N[C@H]1CS(=O)(=O)C[C@H]1O. The highest BCUT2D eigenvalue weighted by Crippen LogP contribution is 2.25. The van der Waals surface area contributed by atoms with Crippen molar-refractivity contribution in [3.05, 3.63) is 29.3 Å². The van der Waals surface area contributed by atoms with Crippen LogP contribution in [0.15, 0.2) is 18.2 Å². The summed E-state index contributed by atoms with van der Waals surface area (Å²) >= 11 is 0. The molecule has 0 unspecified atom stereocenters. The van der Waals surface area contributed by atoms with E-state index in [1.165, 1.54) is 0 Å². The first-order chi connectivity index (χ1) is 8.43. The third kappa shape index (κ3) is 2.67. The predicted octanol–water partition coefficient (Wildman–Crippen LogP) is 1.13. The lowest BCUT2D eigenvalue weighted by Gasteiger charge is -2.20. The number of rotatable bonds is 3. The number of aliphatic hydroxyl groups is 1. The van der Waals surface area contributed by atoms with Crippen molar-refractivity contribution in [3.8, 4) is 0 Å². The van der Waals surface area contributed by atoms with Crippen molar-refractivity contribution in [2.45, 2.75) is 32.4 Å². The van der Waals surface area contributed by atoms with Crippen LogP contribution in [0.2, 0.25) is 0 Å². The minimum Gasteiger partial charge on any atom is -0.390 e. The fourth-order valence-electron chi connectivity index (χ4n) is 2.38. The van der Waals surface area contributed by atoms with Crippen molar-refractivity contribution in [3.63, 3.8) is 0 Å². The van der Waals surface area contributed by atoms with Gasteiger partial charge in [0.2, 0.25) is 0 Å². The van der Waals surface area contributed by atoms with Gasteiger partial charge in [0.05, 0.1) is 23.7 Å². The van der Waals surface area contributed by atoms with Gasteiger partial charge in [-0.1, -0.05) is 25.1 Å². The Morgan fingerprint density at radius 2 is 2.11 bits per heavy atom. The Morgan fingerprint density at radius 3 is 2.67 bits per heavy atom. The largest absolute Gasteiger partial charge is 0.390 e. The van der Waals surface area contributed by atoms with Gasteiger partial charge < -0.3 is 10.4 Å². The Hall–Kier alpha value is -1.07. The molecule has 5 heteroatoms. The molecule has 1 saturated heterocycles. The lowest BCUT2D eigenvalue weighted by Crippen LogP contribution is -2.32. The van der Waals surface area contributed by atoms with E-state index in [2.05, 4.69) is 12.2 Å². The smallest absolute Gasteiger partial charge is 0.155 e. The number of aliphatic hydroxyl groups excluding tert-OH is 1. The molecule has 100 valence electrons. The number of para-hydroxylation sites is 1. The summed E-state index contributed by atoms with van der Waals surface area (Å²) in [5.41, 5.74) is 3.18. The Labute approximate surface area is 108 Å². The van der Waals surface area contributed by atoms with Crippen LogP contribution in [0, 0.1) is 6.92 Å². The highest BCUT2D eigenvalue weighted by Gasteiger charge is 2.36. The lowest BCUT2D eigenvalue weighted by atomic mass is 10.0. The normalized spacial score (nSPS) is 26.2. The molecule has 1 heterocycles. The average Bonchev–Trinajstić information content (AvgIpc) is 2.54. The van der Waals surface area contributed by atoms with Crippen LogP contribution >= 0.6 is 0 Å². The number of hydrogen-bond donors (Lipinski definition) is 2. The summed E-state index contributed by atoms with van der Waals surface area (Å²) in [7, 11) is -3.11. The van der Waals surface area contributed by atoms with Gasteiger partial charge in [0, 0.05) is 5.69 Å². The molecule has 2 N–H and O–H groups in total. The van der Waals surface area contributed by atoms with Crippen LogP contribution in [0.4, 0.5) is 5.69 Å². The van der Waals surface area contributed by atoms with Crippen molar-refractivity contribution >= 4 is 15.5 Å². The standard InChI is InChI=1S/C13H19NO3S/c1-3-10-6-4-5-9(2)13(10)14-11-7-18(16,17)8-12(11)15/h4-6,11-12,14-15H,3,7-8H2,1-2H3/t11-,12+/m0/s1. The lowest BCUT2D eigenvalue weighted by molar-refractivity contribution is 0.190. The fraction of sp³-hybridized carbons (Fsp3) is 0.538. The molecular formula is C13H19NO3S. The summed E-state index contributed by atoms with van der Waals surface area (Å²) in [5.74, 6) is -0.135. The molecule has 2 rings (SSSR count). The topological polar surface area (TPSA) is 66.4 Å². The van der Waals surface area contributed by atoms with Gasteiger partial charge in [0.25, 0.3) is 0 Å². The van der Waals surface area contributed by atoms with Crippen LogP contribution in [0.25, 0.3) is 0 Å². The number of anilines is 1. The molecule has 18 heavy (non-hydrogen) atoms. The van der Waals surface area contributed by atoms with Gasteiger partial charge in [0.1, 0.15) is 0 Å². The van der Waals surface area contributed by atoms with Crippen molar-refractivity contribution < 1.29 is 13.5 Å². The zero-order chi connectivity index (χ0) is 13.3.